The number of nitrogens with one attached hydrogen (secondary N) is 1. The SMILES string of the molecule is CCN(CC)CCCC(C)Nc1cc(N(CC)C(=O)O)nc2nc(-c3ccccc3C(F)(F)F)cnc12. The molecule has 1 aromatic carbocycles. The van der Waals surface area contributed by atoms with Crippen molar-refractivity contribution < 1.29 is 23.1 Å². The predicted molar refractivity (Wildman–Crippen MR) is 139 cm³/mol. The summed E-state index contributed by atoms with van der Waals surface area (Å²) in [4.78, 5) is 28.4. The summed E-state index contributed by atoms with van der Waals surface area (Å²) in [6.45, 7) is 11.0. The number of amides is 1. The smallest absolute Gasteiger partial charge is 0.417 e. The number of alkyl halides is 3. The molecular weight excluding hydrogens is 485 g/mol. The van der Waals surface area contributed by atoms with Gasteiger partial charge in [0.2, 0.25) is 0 Å². The Hall–Kier alpha value is -3.47. The van der Waals surface area contributed by atoms with Crippen molar-refractivity contribution in [3.05, 3.63) is 42.1 Å². The molecule has 0 aliphatic rings. The number of carboxylic acid groups (broad SMARTS) is 1. The second-order valence-corrected chi connectivity index (χ2v) is 8.74. The predicted octanol–water partition coefficient (Wildman–Crippen LogP) is 6.14. The van der Waals surface area contributed by atoms with Gasteiger partial charge in [0.1, 0.15) is 11.3 Å². The lowest BCUT2D eigenvalue weighted by molar-refractivity contribution is -0.137. The fourth-order valence-corrected chi connectivity index (χ4v) is 4.21. The number of anilines is 2. The fourth-order valence-electron chi connectivity index (χ4n) is 4.21. The van der Waals surface area contributed by atoms with Crippen molar-refractivity contribution in [1.82, 2.24) is 19.9 Å². The Labute approximate surface area is 214 Å². The summed E-state index contributed by atoms with van der Waals surface area (Å²) in [6.07, 6.45) is -2.65. The van der Waals surface area contributed by atoms with Gasteiger partial charge in [-0.05, 0) is 52.4 Å². The molecule has 8 nitrogen and oxygen atoms in total. The van der Waals surface area contributed by atoms with E-state index in [9.17, 15) is 23.1 Å². The maximum atomic E-state index is 13.6. The van der Waals surface area contributed by atoms with Gasteiger partial charge in [0.05, 0.1) is 23.1 Å². The number of halogens is 3. The number of fused-ring (bicyclic) bond motifs is 1. The Morgan fingerprint density at radius 2 is 1.81 bits per heavy atom. The van der Waals surface area contributed by atoms with Crippen LogP contribution in [0.25, 0.3) is 22.4 Å². The number of benzene rings is 1. The first-order chi connectivity index (χ1) is 17.6. The topological polar surface area (TPSA) is 94.5 Å². The molecule has 2 heterocycles. The molecule has 0 aliphatic heterocycles. The number of hydrogen-bond acceptors (Lipinski definition) is 6. The molecule has 37 heavy (non-hydrogen) atoms. The zero-order valence-corrected chi connectivity index (χ0v) is 21.5. The summed E-state index contributed by atoms with van der Waals surface area (Å²) in [6, 6.07) is 6.75. The van der Waals surface area contributed by atoms with Crippen molar-refractivity contribution in [3.63, 3.8) is 0 Å². The highest BCUT2D eigenvalue weighted by molar-refractivity contribution is 5.92. The average Bonchev–Trinajstić information content (AvgIpc) is 2.86. The van der Waals surface area contributed by atoms with Crippen LogP contribution in [0.5, 0.6) is 0 Å². The Bertz CT molecular complexity index is 1220. The van der Waals surface area contributed by atoms with Crippen molar-refractivity contribution >= 4 is 28.8 Å². The number of pyridine rings is 1. The minimum atomic E-state index is -4.57. The molecule has 1 atom stereocenters. The van der Waals surface area contributed by atoms with Crippen LogP contribution in [0.1, 0.15) is 46.1 Å². The van der Waals surface area contributed by atoms with E-state index in [2.05, 4.69) is 39.0 Å². The molecule has 0 bridgehead atoms. The van der Waals surface area contributed by atoms with Gasteiger partial charge in [0, 0.05) is 24.2 Å². The summed E-state index contributed by atoms with van der Waals surface area (Å²) < 4.78 is 40.8. The Kier molecular flexibility index (Phi) is 9.25. The normalized spacial score (nSPS) is 12.6. The van der Waals surface area contributed by atoms with Crippen molar-refractivity contribution in [2.24, 2.45) is 0 Å². The van der Waals surface area contributed by atoms with Crippen LogP contribution in [0.2, 0.25) is 0 Å². The summed E-state index contributed by atoms with van der Waals surface area (Å²) >= 11 is 0. The molecule has 0 spiro atoms. The second-order valence-electron chi connectivity index (χ2n) is 8.74. The lowest BCUT2D eigenvalue weighted by Crippen LogP contribution is -2.30. The largest absolute Gasteiger partial charge is 0.465 e. The van der Waals surface area contributed by atoms with E-state index in [1.165, 1.54) is 24.4 Å². The standard InChI is InChI=1S/C26H33F3N6O2/c1-5-34(6-2)14-10-11-17(4)31-20-15-22(35(7-3)25(36)37)33-24-23(20)30-16-21(32-24)18-12-8-9-13-19(18)26(27,28)29/h8-9,12-13,15-17H,5-7,10-11,14H2,1-4H3,(H,36,37)(H,31,32,33). The summed E-state index contributed by atoms with van der Waals surface area (Å²) in [7, 11) is 0. The molecule has 0 saturated heterocycles. The van der Waals surface area contributed by atoms with Gasteiger partial charge in [0.25, 0.3) is 0 Å². The molecule has 11 heteroatoms. The third-order valence-electron chi connectivity index (χ3n) is 6.24. The summed E-state index contributed by atoms with van der Waals surface area (Å²) in [5, 5.41) is 13.0. The van der Waals surface area contributed by atoms with Gasteiger partial charge in [-0.25, -0.2) is 19.7 Å². The molecule has 1 unspecified atom stereocenters. The third kappa shape index (κ3) is 6.85. The van der Waals surface area contributed by atoms with Crippen molar-refractivity contribution in [2.45, 2.75) is 52.8 Å². The van der Waals surface area contributed by atoms with E-state index in [-0.39, 0.29) is 35.3 Å². The first-order valence-corrected chi connectivity index (χ1v) is 12.4. The molecule has 3 aromatic rings. The van der Waals surface area contributed by atoms with Gasteiger partial charge in [-0.15, -0.1) is 0 Å². The number of hydrogen-bond donors (Lipinski definition) is 2. The highest BCUT2D eigenvalue weighted by Gasteiger charge is 2.34. The first-order valence-electron chi connectivity index (χ1n) is 12.4. The minimum absolute atomic E-state index is 0.00155. The van der Waals surface area contributed by atoms with Crippen LogP contribution in [-0.2, 0) is 6.18 Å². The quantitative estimate of drug-likeness (QED) is 0.315. The highest BCUT2D eigenvalue weighted by Crippen LogP contribution is 2.37. The Morgan fingerprint density at radius 1 is 1.11 bits per heavy atom. The maximum Gasteiger partial charge on any atom is 0.417 e. The van der Waals surface area contributed by atoms with E-state index in [0.717, 1.165) is 43.4 Å². The van der Waals surface area contributed by atoms with E-state index < -0.39 is 17.8 Å². The fraction of sp³-hybridized carbons (Fsp3) is 0.462. The lowest BCUT2D eigenvalue weighted by Gasteiger charge is -2.22. The molecule has 0 fully saturated rings. The van der Waals surface area contributed by atoms with Crippen molar-refractivity contribution in [1.29, 1.82) is 0 Å². The number of nitrogens with zero attached hydrogens (tertiary/aromatic N) is 5. The first kappa shape index (κ1) is 28.1. The second kappa shape index (κ2) is 12.2. The molecule has 3 rings (SSSR count). The van der Waals surface area contributed by atoms with Gasteiger partial charge in [-0.3, -0.25) is 4.90 Å². The van der Waals surface area contributed by atoms with Gasteiger partial charge in [-0.1, -0.05) is 32.0 Å². The van der Waals surface area contributed by atoms with Crippen LogP contribution >= 0.6 is 0 Å². The van der Waals surface area contributed by atoms with Gasteiger partial charge >= 0.3 is 12.3 Å². The van der Waals surface area contributed by atoms with Crippen molar-refractivity contribution in [3.8, 4) is 11.3 Å². The number of rotatable bonds is 11. The van der Waals surface area contributed by atoms with Crippen LogP contribution in [0.15, 0.2) is 36.5 Å². The van der Waals surface area contributed by atoms with Crippen LogP contribution in [-0.4, -0.2) is 63.3 Å². The monoisotopic (exact) mass is 518 g/mol. The van der Waals surface area contributed by atoms with E-state index >= 15 is 0 Å². The Morgan fingerprint density at radius 3 is 2.43 bits per heavy atom. The number of carbonyl (C=O) groups is 1. The summed E-state index contributed by atoms with van der Waals surface area (Å²) in [5.74, 6) is 0.121. The Balaban J connectivity index is 2.03. The van der Waals surface area contributed by atoms with Crippen LogP contribution < -0.4 is 10.2 Å². The third-order valence-corrected chi connectivity index (χ3v) is 6.24. The summed E-state index contributed by atoms with van der Waals surface area (Å²) in [5.41, 5.74) is -0.0134. The maximum absolute atomic E-state index is 13.6. The molecule has 2 N–H and O–H groups in total. The molecule has 0 saturated carbocycles. The number of aromatic nitrogens is 3. The minimum Gasteiger partial charge on any atom is -0.465 e. The van der Waals surface area contributed by atoms with Gasteiger partial charge in [-0.2, -0.15) is 13.2 Å². The molecule has 0 aliphatic carbocycles. The molecule has 200 valence electrons. The van der Waals surface area contributed by atoms with E-state index in [1.54, 1.807) is 13.0 Å². The average molecular weight is 519 g/mol. The molecular formula is C26H33F3N6O2. The zero-order valence-electron chi connectivity index (χ0n) is 21.5. The highest BCUT2D eigenvalue weighted by atomic mass is 19.4. The van der Waals surface area contributed by atoms with E-state index in [0.29, 0.717) is 11.2 Å². The molecule has 2 aromatic heterocycles. The van der Waals surface area contributed by atoms with Crippen molar-refractivity contribution in [2.75, 3.05) is 36.4 Å². The zero-order chi connectivity index (χ0) is 27.2. The van der Waals surface area contributed by atoms with Crippen LogP contribution in [0.3, 0.4) is 0 Å². The van der Waals surface area contributed by atoms with Gasteiger partial charge < -0.3 is 15.3 Å². The molecule has 1 amide bonds. The van der Waals surface area contributed by atoms with E-state index in [1.807, 2.05) is 6.92 Å². The van der Waals surface area contributed by atoms with Crippen LogP contribution in [0.4, 0.5) is 29.5 Å². The van der Waals surface area contributed by atoms with E-state index in [4.69, 9.17) is 0 Å². The van der Waals surface area contributed by atoms with Gasteiger partial charge in [0.15, 0.2) is 5.65 Å². The lowest BCUT2D eigenvalue weighted by atomic mass is 10.0. The van der Waals surface area contributed by atoms with Crippen LogP contribution in [0, 0.1) is 0 Å². The molecule has 0 radical (unpaired) electrons.